The minimum Gasteiger partial charge on any atom is -0.488 e. The van der Waals surface area contributed by atoms with Crippen LogP contribution in [-0.2, 0) is 23.2 Å². The van der Waals surface area contributed by atoms with Gasteiger partial charge in [-0.1, -0.05) is 122 Å². The van der Waals surface area contributed by atoms with Gasteiger partial charge in [-0.05, 0) is 64.1 Å². The average Bonchev–Trinajstić information content (AvgIpc) is 3.04. The lowest BCUT2D eigenvalue weighted by Crippen LogP contribution is -2.42. The van der Waals surface area contributed by atoms with Crippen molar-refractivity contribution in [3.05, 3.63) is 148 Å². The van der Waals surface area contributed by atoms with Crippen LogP contribution >= 0.6 is 15.9 Å². The first-order valence-corrected chi connectivity index (χ1v) is 15.8. The van der Waals surface area contributed by atoms with Crippen LogP contribution in [-0.4, -0.2) is 23.0 Å². The van der Waals surface area contributed by atoms with Crippen LogP contribution in [0.5, 0.6) is 17.2 Å². The lowest BCUT2D eigenvalue weighted by Gasteiger charge is -2.19. The number of halogens is 1. The summed E-state index contributed by atoms with van der Waals surface area (Å²) in [5.74, 6) is -0.0952. The van der Waals surface area contributed by atoms with Crippen LogP contribution in [0.3, 0.4) is 0 Å². The zero-order chi connectivity index (χ0) is 32.7. The van der Waals surface area contributed by atoms with Crippen molar-refractivity contribution >= 4 is 27.8 Å². The van der Waals surface area contributed by atoms with E-state index in [2.05, 4.69) is 54.2 Å². The van der Waals surface area contributed by atoms with Gasteiger partial charge in [0, 0.05) is 16.5 Å². The second-order valence-corrected chi connectivity index (χ2v) is 13.0. The van der Waals surface area contributed by atoms with Gasteiger partial charge in [-0.25, -0.2) is 4.79 Å². The normalized spacial score (nSPS) is 11.8. The van der Waals surface area contributed by atoms with Crippen molar-refractivity contribution < 1.29 is 24.2 Å². The van der Waals surface area contributed by atoms with Crippen molar-refractivity contribution in [3.8, 4) is 28.4 Å². The van der Waals surface area contributed by atoms with Gasteiger partial charge in [0.05, 0.1) is 5.56 Å². The molecule has 5 rings (SSSR count). The molecule has 0 saturated carbocycles. The Morgan fingerprint density at radius 2 is 1.43 bits per heavy atom. The largest absolute Gasteiger partial charge is 0.488 e. The van der Waals surface area contributed by atoms with Crippen molar-refractivity contribution in [1.29, 1.82) is 0 Å². The van der Waals surface area contributed by atoms with E-state index >= 15 is 0 Å². The Labute approximate surface area is 278 Å². The van der Waals surface area contributed by atoms with Gasteiger partial charge in [0.15, 0.2) is 0 Å². The van der Waals surface area contributed by atoms with E-state index in [4.69, 9.17) is 9.47 Å². The molecule has 1 atom stereocenters. The Bertz CT molecular complexity index is 1800. The molecule has 0 spiro atoms. The maximum Gasteiger partial charge on any atom is 0.326 e. The SMILES string of the molecule is CC(C)(C)c1ccc(COc2ccc(Br)cc2C(=O)N[C@@H](Cc2ccc(-c3ccccc3)c(Oc3ccccc3)c2)C(=O)O)cc1. The second-order valence-electron chi connectivity index (χ2n) is 12.1. The Kier molecular flexibility index (Phi) is 10.2. The van der Waals surface area contributed by atoms with Crippen molar-refractivity contribution in [3.63, 3.8) is 0 Å². The smallest absolute Gasteiger partial charge is 0.326 e. The van der Waals surface area contributed by atoms with E-state index < -0.39 is 17.9 Å². The molecule has 7 heteroatoms. The van der Waals surface area contributed by atoms with Gasteiger partial charge in [0.2, 0.25) is 0 Å². The van der Waals surface area contributed by atoms with Crippen molar-refractivity contribution in [2.24, 2.45) is 0 Å². The third-order valence-electron chi connectivity index (χ3n) is 7.55. The summed E-state index contributed by atoms with van der Waals surface area (Å²) in [6, 6.07) is 37.0. The number of nitrogens with one attached hydrogen (secondary N) is 1. The molecule has 0 radical (unpaired) electrons. The molecule has 0 aliphatic carbocycles. The van der Waals surface area contributed by atoms with Crippen molar-refractivity contribution in [2.45, 2.75) is 45.3 Å². The number of benzene rings is 5. The second kappa shape index (κ2) is 14.5. The van der Waals surface area contributed by atoms with E-state index in [1.165, 1.54) is 5.56 Å². The topological polar surface area (TPSA) is 84.9 Å². The van der Waals surface area contributed by atoms with Crippen molar-refractivity contribution in [1.82, 2.24) is 5.32 Å². The molecule has 0 aliphatic rings. The molecule has 6 nitrogen and oxygen atoms in total. The highest BCUT2D eigenvalue weighted by molar-refractivity contribution is 9.10. The molecule has 0 heterocycles. The van der Waals surface area contributed by atoms with Crippen LogP contribution in [0.25, 0.3) is 11.1 Å². The van der Waals surface area contributed by atoms with Gasteiger partial charge in [0.1, 0.15) is 29.9 Å². The Balaban J connectivity index is 1.35. The van der Waals surface area contributed by atoms with E-state index in [0.29, 0.717) is 27.3 Å². The zero-order valence-electron chi connectivity index (χ0n) is 26.0. The molecule has 2 N–H and O–H groups in total. The molecule has 0 bridgehead atoms. The van der Waals surface area contributed by atoms with Crippen molar-refractivity contribution in [2.75, 3.05) is 0 Å². The number of aliphatic carboxylic acids is 1. The molecule has 0 unspecified atom stereocenters. The van der Waals surface area contributed by atoms with E-state index in [1.54, 1.807) is 18.2 Å². The number of rotatable bonds is 11. The Hall–Kier alpha value is -4.88. The lowest BCUT2D eigenvalue weighted by atomic mass is 9.87. The molecular weight excluding hydrogens is 642 g/mol. The van der Waals surface area contributed by atoms with E-state index in [1.807, 2.05) is 91.0 Å². The van der Waals surface area contributed by atoms with E-state index in [-0.39, 0.29) is 24.0 Å². The molecule has 0 saturated heterocycles. The molecular formula is C39H36BrNO5. The number of para-hydroxylation sites is 1. The number of amides is 1. The first kappa shape index (κ1) is 32.5. The Morgan fingerprint density at radius 3 is 2.09 bits per heavy atom. The van der Waals surface area contributed by atoms with Gasteiger partial charge in [0.25, 0.3) is 5.91 Å². The highest BCUT2D eigenvalue weighted by atomic mass is 79.9. The summed E-state index contributed by atoms with van der Waals surface area (Å²) in [6.45, 7) is 6.74. The summed E-state index contributed by atoms with van der Waals surface area (Å²) in [7, 11) is 0. The Morgan fingerprint density at radius 1 is 0.783 bits per heavy atom. The molecule has 5 aromatic rings. The highest BCUT2D eigenvalue weighted by Gasteiger charge is 2.24. The van der Waals surface area contributed by atoms with Crippen LogP contribution in [0.2, 0.25) is 0 Å². The first-order chi connectivity index (χ1) is 22.1. The molecule has 5 aromatic carbocycles. The molecule has 1 amide bonds. The third kappa shape index (κ3) is 8.43. The lowest BCUT2D eigenvalue weighted by molar-refractivity contribution is -0.139. The number of hydrogen-bond donors (Lipinski definition) is 2. The number of hydrogen-bond acceptors (Lipinski definition) is 4. The summed E-state index contributed by atoms with van der Waals surface area (Å²) >= 11 is 3.43. The van der Waals surface area contributed by atoms with Crippen LogP contribution in [0.4, 0.5) is 0 Å². The van der Waals surface area contributed by atoms with Gasteiger partial charge in [-0.2, -0.15) is 0 Å². The zero-order valence-corrected chi connectivity index (χ0v) is 27.6. The predicted octanol–water partition coefficient (Wildman–Crippen LogP) is 9.21. The summed E-state index contributed by atoms with van der Waals surface area (Å²) in [4.78, 5) is 25.9. The summed E-state index contributed by atoms with van der Waals surface area (Å²) < 4.78 is 13.0. The maximum absolute atomic E-state index is 13.5. The summed E-state index contributed by atoms with van der Waals surface area (Å²) in [6.07, 6.45) is 0.0472. The molecule has 0 fully saturated rings. The number of ether oxygens (including phenoxy) is 2. The average molecular weight is 679 g/mol. The maximum atomic E-state index is 13.5. The molecule has 0 aromatic heterocycles. The van der Waals surface area contributed by atoms with Crippen LogP contribution < -0.4 is 14.8 Å². The fraction of sp³-hybridized carbons (Fsp3) is 0.179. The summed E-state index contributed by atoms with van der Waals surface area (Å²) in [5.41, 5.74) is 4.98. The fourth-order valence-electron chi connectivity index (χ4n) is 4.99. The quantitative estimate of drug-likeness (QED) is 0.146. The minimum atomic E-state index is -1.20. The van der Waals surface area contributed by atoms with E-state index in [9.17, 15) is 14.7 Å². The van der Waals surface area contributed by atoms with Gasteiger partial charge < -0.3 is 19.9 Å². The first-order valence-electron chi connectivity index (χ1n) is 15.0. The fourth-order valence-corrected chi connectivity index (χ4v) is 5.35. The number of carboxylic acid groups (broad SMARTS) is 1. The number of carboxylic acids is 1. The van der Waals surface area contributed by atoms with E-state index in [0.717, 1.165) is 16.7 Å². The van der Waals surface area contributed by atoms with Gasteiger partial charge in [-0.3, -0.25) is 4.79 Å². The minimum absolute atomic E-state index is 0.0391. The monoisotopic (exact) mass is 677 g/mol. The molecule has 0 aliphatic heterocycles. The highest BCUT2D eigenvalue weighted by Crippen LogP contribution is 2.35. The van der Waals surface area contributed by atoms with Crippen LogP contribution in [0, 0.1) is 0 Å². The summed E-state index contributed by atoms with van der Waals surface area (Å²) in [5, 5.41) is 12.8. The third-order valence-corrected chi connectivity index (χ3v) is 8.04. The van der Waals surface area contributed by atoms with Crippen LogP contribution in [0.15, 0.2) is 126 Å². The molecule has 46 heavy (non-hydrogen) atoms. The van der Waals surface area contributed by atoms with Gasteiger partial charge >= 0.3 is 5.97 Å². The number of carbonyl (C=O) groups is 2. The van der Waals surface area contributed by atoms with Crippen LogP contribution in [0.1, 0.15) is 47.8 Å². The van der Waals surface area contributed by atoms with Gasteiger partial charge in [-0.15, -0.1) is 0 Å². The predicted molar refractivity (Wildman–Crippen MR) is 185 cm³/mol. The number of carbonyl (C=O) groups excluding carboxylic acids is 1. The molecule has 234 valence electrons. The standard InChI is InChI=1S/C39H36BrNO5/c1-39(2,3)29-17-14-26(15-18-29)25-45-35-21-19-30(40)24-33(35)37(42)41-34(38(43)44)22-27-16-20-32(28-10-6-4-7-11-28)36(23-27)46-31-12-8-5-9-13-31/h4-21,23-24,34H,22,25H2,1-3H3,(H,41,42)(H,43,44)/t34-/m0/s1.